The molecule has 1 aromatic rings. The van der Waals surface area contributed by atoms with Gasteiger partial charge in [0.25, 0.3) is 0 Å². The van der Waals surface area contributed by atoms with Gasteiger partial charge in [-0.3, -0.25) is 0 Å². The highest BCUT2D eigenvalue weighted by Crippen LogP contribution is 2.48. The summed E-state index contributed by atoms with van der Waals surface area (Å²) >= 11 is 0. The van der Waals surface area contributed by atoms with E-state index < -0.39 is 0 Å². The van der Waals surface area contributed by atoms with Crippen molar-refractivity contribution in [1.82, 2.24) is 9.97 Å². The summed E-state index contributed by atoms with van der Waals surface area (Å²) in [6.45, 7) is 6.08. The number of nitrogens with zero attached hydrogens (tertiary/aromatic N) is 2. The molecule has 0 spiro atoms. The fourth-order valence-corrected chi connectivity index (χ4v) is 1.94. The Kier molecular flexibility index (Phi) is 3.36. The first-order valence-corrected chi connectivity index (χ1v) is 6.30. The smallest absolute Gasteiger partial charge is 0.223 e. The predicted octanol–water partition coefficient (Wildman–Crippen LogP) is 2.09. The molecule has 0 aliphatic heterocycles. The lowest BCUT2D eigenvalue weighted by molar-refractivity contribution is 0.521. The number of hydrogen-bond acceptors (Lipinski definition) is 5. The molecule has 0 aromatic carbocycles. The van der Waals surface area contributed by atoms with Gasteiger partial charge in [-0.25, -0.2) is 0 Å². The van der Waals surface area contributed by atoms with Gasteiger partial charge >= 0.3 is 0 Å². The topological polar surface area (TPSA) is 75.9 Å². The second-order valence-corrected chi connectivity index (χ2v) is 4.73. The Morgan fingerprint density at radius 1 is 1.24 bits per heavy atom. The average Bonchev–Trinajstić information content (AvgIpc) is 3.07. The minimum absolute atomic E-state index is 0.312. The minimum atomic E-state index is 0.312. The van der Waals surface area contributed by atoms with Gasteiger partial charge in [0.1, 0.15) is 11.6 Å². The Balaban J connectivity index is 2.00. The van der Waals surface area contributed by atoms with E-state index in [-0.39, 0.29) is 0 Å². The number of nitrogens with one attached hydrogen (secondary N) is 2. The fraction of sp³-hybridized carbons (Fsp3) is 0.667. The second-order valence-electron chi connectivity index (χ2n) is 4.73. The van der Waals surface area contributed by atoms with Crippen LogP contribution in [0.2, 0.25) is 0 Å². The van der Waals surface area contributed by atoms with Gasteiger partial charge in [0.2, 0.25) is 5.95 Å². The third kappa shape index (κ3) is 2.99. The summed E-state index contributed by atoms with van der Waals surface area (Å²) in [5, 5.41) is 6.51. The van der Waals surface area contributed by atoms with Crippen molar-refractivity contribution in [3.63, 3.8) is 0 Å². The van der Waals surface area contributed by atoms with E-state index in [0.717, 1.165) is 24.7 Å². The summed E-state index contributed by atoms with van der Waals surface area (Å²) in [7, 11) is 0. The molecule has 0 saturated heterocycles. The van der Waals surface area contributed by atoms with E-state index in [1.54, 1.807) is 0 Å². The quantitative estimate of drug-likeness (QED) is 0.704. The molecule has 1 saturated carbocycles. The van der Waals surface area contributed by atoms with Crippen molar-refractivity contribution in [2.45, 2.75) is 33.1 Å². The van der Waals surface area contributed by atoms with Crippen LogP contribution < -0.4 is 16.4 Å². The largest absolute Gasteiger partial charge is 0.370 e. The van der Waals surface area contributed by atoms with Crippen LogP contribution in [-0.4, -0.2) is 23.1 Å². The molecule has 0 radical (unpaired) electrons. The van der Waals surface area contributed by atoms with Crippen LogP contribution in [0.1, 0.15) is 33.1 Å². The highest BCUT2D eigenvalue weighted by Gasteiger charge is 2.40. The molecule has 1 heterocycles. The normalized spacial score (nSPS) is 16.6. The SMILES string of the molecule is CCNc1cc(NCC2(CC)CC2)nc(N)n1. The Labute approximate surface area is 102 Å². The number of aromatic nitrogens is 2. The van der Waals surface area contributed by atoms with Crippen LogP contribution in [0.25, 0.3) is 0 Å². The maximum absolute atomic E-state index is 5.67. The summed E-state index contributed by atoms with van der Waals surface area (Å²) in [4.78, 5) is 8.32. The van der Waals surface area contributed by atoms with Crippen molar-refractivity contribution in [2.24, 2.45) is 5.41 Å². The second kappa shape index (κ2) is 4.77. The predicted molar refractivity (Wildman–Crippen MR) is 71.1 cm³/mol. The number of hydrogen-bond donors (Lipinski definition) is 3. The molecule has 5 heteroatoms. The molecule has 1 aromatic heterocycles. The average molecular weight is 235 g/mol. The van der Waals surface area contributed by atoms with Crippen molar-refractivity contribution in [1.29, 1.82) is 0 Å². The first kappa shape index (κ1) is 12.0. The molecule has 5 nitrogen and oxygen atoms in total. The highest BCUT2D eigenvalue weighted by molar-refractivity contribution is 5.51. The van der Waals surface area contributed by atoms with Gasteiger partial charge in [-0.1, -0.05) is 6.92 Å². The molecule has 0 bridgehead atoms. The summed E-state index contributed by atoms with van der Waals surface area (Å²) in [5.41, 5.74) is 6.17. The van der Waals surface area contributed by atoms with Crippen molar-refractivity contribution in [2.75, 3.05) is 29.5 Å². The molecule has 1 aliphatic carbocycles. The zero-order chi connectivity index (χ0) is 12.3. The van der Waals surface area contributed by atoms with Crippen LogP contribution >= 0.6 is 0 Å². The number of anilines is 3. The maximum Gasteiger partial charge on any atom is 0.223 e. The third-order valence-electron chi connectivity index (χ3n) is 3.45. The van der Waals surface area contributed by atoms with E-state index in [0.29, 0.717) is 11.4 Å². The van der Waals surface area contributed by atoms with Crippen molar-refractivity contribution < 1.29 is 0 Å². The molecule has 94 valence electrons. The molecule has 2 rings (SSSR count). The minimum Gasteiger partial charge on any atom is -0.370 e. The summed E-state index contributed by atoms with van der Waals surface area (Å²) in [6.07, 6.45) is 3.86. The van der Waals surface area contributed by atoms with Crippen LogP contribution in [0, 0.1) is 5.41 Å². The molecular weight excluding hydrogens is 214 g/mol. The van der Waals surface area contributed by atoms with Gasteiger partial charge in [0.15, 0.2) is 0 Å². The number of nitrogens with two attached hydrogens (primary N) is 1. The van der Waals surface area contributed by atoms with E-state index in [9.17, 15) is 0 Å². The molecule has 0 atom stereocenters. The lowest BCUT2D eigenvalue weighted by atomic mass is 10.0. The molecular formula is C12H21N5. The van der Waals surface area contributed by atoms with Gasteiger partial charge in [0, 0.05) is 19.2 Å². The summed E-state index contributed by atoms with van der Waals surface area (Å²) < 4.78 is 0. The maximum atomic E-state index is 5.67. The number of rotatable bonds is 6. The van der Waals surface area contributed by atoms with E-state index in [1.165, 1.54) is 19.3 Å². The van der Waals surface area contributed by atoms with Gasteiger partial charge in [-0.15, -0.1) is 0 Å². The molecule has 0 unspecified atom stereocenters. The van der Waals surface area contributed by atoms with E-state index in [4.69, 9.17) is 5.73 Å². The van der Waals surface area contributed by atoms with E-state index in [2.05, 4.69) is 27.5 Å². The Morgan fingerprint density at radius 3 is 2.41 bits per heavy atom. The van der Waals surface area contributed by atoms with Crippen molar-refractivity contribution in [3.8, 4) is 0 Å². The van der Waals surface area contributed by atoms with Crippen molar-refractivity contribution in [3.05, 3.63) is 6.07 Å². The first-order valence-electron chi connectivity index (χ1n) is 6.30. The standard InChI is InChI=1S/C12H21N5/c1-3-12(5-6-12)8-15-10-7-9(14-4-2)16-11(13)17-10/h7H,3-6,8H2,1-2H3,(H4,13,14,15,16,17). The lowest BCUT2D eigenvalue weighted by Gasteiger charge is -2.14. The van der Waals surface area contributed by atoms with E-state index in [1.807, 2.05) is 13.0 Å². The van der Waals surface area contributed by atoms with Gasteiger partial charge in [0.05, 0.1) is 0 Å². The van der Waals surface area contributed by atoms with Crippen LogP contribution in [0.15, 0.2) is 6.07 Å². The van der Waals surface area contributed by atoms with Crippen LogP contribution in [0.3, 0.4) is 0 Å². The molecule has 1 fully saturated rings. The molecule has 17 heavy (non-hydrogen) atoms. The summed E-state index contributed by atoms with van der Waals surface area (Å²) in [6, 6.07) is 1.91. The van der Waals surface area contributed by atoms with Crippen LogP contribution in [-0.2, 0) is 0 Å². The highest BCUT2D eigenvalue weighted by atomic mass is 15.1. The van der Waals surface area contributed by atoms with Gasteiger partial charge in [-0.2, -0.15) is 9.97 Å². The van der Waals surface area contributed by atoms with Crippen LogP contribution in [0.5, 0.6) is 0 Å². The summed E-state index contributed by atoms with van der Waals surface area (Å²) in [5.74, 6) is 1.91. The van der Waals surface area contributed by atoms with Crippen LogP contribution in [0.4, 0.5) is 17.6 Å². The van der Waals surface area contributed by atoms with Gasteiger partial charge in [-0.05, 0) is 31.6 Å². The monoisotopic (exact) mass is 235 g/mol. The zero-order valence-corrected chi connectivity index (χ0v) is 10.6. The Hall–Kier alpha value is -1.52. The third-order valence-corrected chi connectivity index (χ3v) is 3.45. The molecule has 4 N–H and O–H groups in total. The number of nitrogen functional groups attached to an aromatic ring is 1. The molecule has 0 amide bonds. The van der Waals surface area contributed by atoms with Gasteiger partial charge < -0.3 is 16.4 Å². The van der Waals surface area contributed by atoms with E-state index >= 15 is 0 Å². The first-order chi connectivity index (χ1) is 8.17. The zero-order valence-electron chi connectivity index (χ0n) is 10.6. The lowest BCUT2D eigenvalue weighted by Crippen LogP contribution is -2.16. The molecule has 1 aliphatic rings. The van der Waals surface area contributed by atoms with Crippen molar-refractivity contribution >= 4 is 17.6 Å². The fourth-order valence-electron chi connectivity index (χ4n) is 1.94. The Morgan fingerprint density at radius 2 is 1.88 bits per heavy atom. The Bertz CT molecular complexity index is 386.